The largest absolute Gasteiger partial charge is 0.351 e. The minimum atomic E-state index is 0.163. The van der Waals surface area contributed by atoms with Crippen LogP contribution in [0.2, 0.25) is 0 Å². The monoisotopic (exact) mass is 209 g/mol. The second kappa shape index (κ2) is 4.15. The number of rotatable bonds is 4. The van der Waals surface area contributed by atoms with E-state index < -0.39 is 0 Å². The van der Waals surface area contributed by atoms with E-state index in [2.05, 4.69) is 19.2 Å². The van der Waals surface area contributed by atoms with Gasteiger partial charge in [-0.15, -0.1) is 0 Å². The summed E-state index contributed by atoms with van der Waals surface area (Å²) >= 11 is 0. The molecular weight excluding hydrogens is 186 g/mol. The van der Waals surface area contributed by atoms with Crippen molar-refractivity contribution in [1.29, 1.82) is 0 Å². The van der Waals surface area contributed by atoms with Crippen LogP contribution in [0.4, 0.5) is 0 Å². The van der Waals surface area contributed by atoms with Crippen molar-refractivity contribution in [2.75, 3.05) is 0 Å². The van der Waals surface area contributed by atoms with Crippen molar-refractivity contribution in [2.45, 2.75) is 64.3 Å². The molecule has 0 bridgehead atoms. The number of nitrogens with one attached hydrogen (secondary N) is 1. The molecule has 1 atom stereocenters. The van der Waals surface area contributed by atoms with E-state index in [-0.39, 0.29) is 11.4 Å². The van der Waals surface area contributed by atoms with Crippen LogP contribution in [0.25, 0.3) is 0 Å². The van der Waals surface area contributed by atoms with Gasteiger partial charge in [0, 0.05) is 12.0 Å². The van der Waals surface area contributed by atoms with E-state index in [4.69, 9.17) is 0 Å². The summed E-state index contributed by atoms with van der Waals surface area (Å²) in [6.07, 6.45) is 8.38. The molecule has 1 saturated heterocycles. The maximum absolute atomic E-state index is 11.4. The molecule has 2 aliphatic rings. The predicted molar refractivity (Wildman–Crippen MR) is 61.5 cm³/mol. The summed E-state index contributed by atoms with van der Waals surface area (Å²) in [5, 5.41) is 3.26. The maximum Gasteiger partial charge on any atom is 0.220 e. The first-order chi connectivity index (χ1) is 7.10. The van der Waals surface area contributed by atoms with Gasteiger partial charge in [-0.1, -0.05) is 33.1 Å². The molecule has 2 fully saturated rings. The highest BCUT2D eigenvalue weighted by Crippen LogP contribution is 2.40. The molecule has 86 valence electrons. The topological polar surface area (TPSA) is 29.1 Å². The van der Waals surface area contributed by atoms with Crippen LogP contribution in [0.5, 0.6) is 0 Å². The van der Waals surface area contributed by atoms with Crippen LogP contribution in [0.15, 0.2) is 0 Å². The van der Waals surface area contributed by atoms with Crippen molar-refractivity contribution in [3.63, 3.8) is 0 Å². The van der Waals surface area contributed by atoms with Crippen LogP contribution in [-0.4, -0.2) is 11.4 Å². The van der Waals surface area contributed by atoms with E-state index in [9.17, 15) is 4.79 Å². The quantitative estimate of drug-likeness (QED) is 0.758. The van der Waals surface area contributed by atoms with Gasteiger partial charge in [-0.3, -0.25) is 4.79 Å². The lowest BCUT2D eigenvalue weighted by atomic mass is 9.73. The lowest BCUT2D eigenvalue weighted by Gasteiger charge is -2.38. The van der Waals surface area contributed by atoms with Gasteiger partial charge in [-0.05, 0) is 31.1 Å². The van der Waals surface area contributed by atoms with Crippen molar-refractivity contribution in [3.05, 3.63) is 0 Å². The van der Waals surface area contributed by atoms with Crippen molar-refractivity contribution >= 4 is 5.91 Å². The zero-order chi connectivity index (χ0) is 10.9. The first kappa shape index (κ1) is 11.0. The lowest BCUT2D eigenvalue weighted by molar-refractivity contribution is -0.120. The summed E-state index contributed by atoms with van der Waals surface area (Å²) in [7, 11) is 0. The van der Waals surface area contributed by atoms with Crippen molar-refractivity contribution in [3.8, 4) is 0 Å². The number of amides is 1. The Morgan fingerprint density at radius 2 is 2.20 bits per heavy atom. The molecule has 1 aliphatic heterocycles. The Morgan fingerprint density at radius 3 is 2.60 bits per heavy atom. The molecular formula is C13H23NO. The lowest BCUT2D eigenvalue weighted by Crippen LogP contribution is -2.45. The smallest absolute Gasteiger partial charge is 0.220 e. The first-order valence-electron chi connectivity index (χ1n) is 6.41. The first-order valence-corrected chi connectivity index (χ1v) is 6.41. The molecule has 15 heavy (non-hydrogen) atoms. The van der Waals surface area contributed by atoms with E-state index >= 15 is 0 Å². The molecule has 0 aromatic heterocycles. The average molecular weight is 209 g/mol. The van der Waals surface area contributed by atoms with Crippen LogP contribution >= 0.6 is 0 Å². The van der Waals surface area contributed by atoms with E-state index in [1.165, 1.54) is 25.7 Å². The van der Waals surface area contributed by atoms with Gasteiger partial charge in [-0.25, -0.2) is 0 Å². The summed E-state index contributed by atoms with van der Waals surface area (Å²) in [5.74, 6) is 1.85. The van der Waals surface area contributed by atoms with Gasteiger partial charge >= 0.3 is 0 Å². The van der Waals surface area contributed by atoms with Gasteiger partial charge in [0.1, 0.15) is 0 Å². The van der Waals surface area contributed by atoms with Gasteiger partial charge in [0.15, 0.2) is 0 Å². The summed E-state index contributed by atoms with van der Waals surface area (Å²) in [5.41, 5.74) is 0.163. The Bertz CT molecular complexity index is 245. The highest BCUT2D eigenvalue weighted by atomic mass is 16.2. The summed E-state index contributed by atoms with van der Waals surface area (Å²) < 4.78 is 0. The highest BCUT2D eigenvalue weighted by molar-refractivity contribution is 5.79. The van der Waals surface area contributed by atoms with E-state index in [1.54, 1.807) is 0 Å². The number of hydrogen-bond donors (Lipinski definition) is 1. The molecule has 2 heteroatoms. The van der Waals surface area contributed by atoms with Gasteiger partial charge < -0.3 is 5.32 Å². The molecule has 1 unspecified atom stereocenters. The van der Waals surface area contributed by atoms with E-state index in [1.807, 2.05) is 0 Å². The number of hydrogen-bond acceptors (Lipinski definition) is 1. The fourth-order valence-electron chi connectivity index (χ4n) is 3.19. The minimum Gasteiger partial charge on any atom is -0.351 e. The van der Waals surface area contributed by atoms with Gasteiger partial charge in [0.2, 0.25) is 5.91 Å². The third kappa shape index (κ3) is 2.53. The minimum absolute atomic E-state index is 0.163. The predicted octanol–water partition coefficient (Wildman–Crippen LogP) is 2.87. The average Bonchev–Trinajstić information content (AvgIpc) is 2.40. The second-order valence-corrected chi connectivity index (χ2v) is 5.93. The Kier molecular flexibility index (Phi) is 3.03. The Hall–Kier alpha value is -0.530. The van der Waals surface area contributed by atoms with Crippen molar-refractivity contribution in [1.82, 2.24) is 5.32 Å². The van der Waals surface area contributed by atoms with Crippen LogP contribution in [0, 0.1) is 11.8 Å². The van der Waals surface area contributed by atoms with Crippen LogP contribution in [-0.2, 0) is 4.79 Å². The summed E-state index contributed by atoms with van der Waals surface area (Å²) in [6.45, 7) is 4.51. The zero-order valence-corrected chi connectivity index (χ0v) is 10.0. The standard InChI is InChI=1S/C13H23NO/c1-10(2)8-13(7-6-12(15)14-13)9-11-4-3-5-11/h10-11H,3-9H2,1-2H3,(H,14,15). The van der Waals surface area contributed by atoms with Crippen LogP contribution in [0.1, 0.15) is 58.8 Å². The Balaban J connectivity index is 1.97. The van der Waals surface area contributed by atoms with Crippen molar-refractivity contribution < 1.29 is 4.79 Å². The highest BCUT2D eigenvalue weighted by Gasteiger charge is 2.40. The summed E-state index contributed by atoms with van der Waals surface area (Å²) in [6, 6.07) is 0. The molecule has 1 saturated carbocycles. The zero-order valence-electron chi connectivity index (χ0n) is 10.0. The molecule has 1 N–H and O–H groups in total. The van der Waals surface area contributed by atoms with Gasteiger partial charge in [0.05, 0.1) is 0 Å². The molecule has 0 radical (unpaired) electrons. The van der Waals surface area contributed by atoms with Crippen LogP contribution in [0.3, 0.4) is 0 Å². The third-order valence-electron chi connectivity index (χ3n) is 3.94. The SMILES string of the molecule is CC(C)CC1(CC2CCC2)CCC(=O)N1. The molecule has 0 aromatic carbocycles. The Labute approximate surface area is 92.8 Å². The van der Waals surface area contributed by atoms with Gasteiger partial charge in [-0.2, -0.15) is 0 Å². The maximum atomic E-state index is 11.4. The fourth-order valence-corrected chi connectivity index (χ4v) is 3.19. The fraction of sp³-hybridized carbons (Fsp3) is 0.923. The van der Waals surface area contributed by atoms with E-state index in [0.29, 0.717) is 5.92 Å². The molecule has 0 spiro atoms. The molecule has 0 aromatic rings. The van der Waals surface area contributed by atoms with Crippen LogP contribution < -0.4 is 5.32 Å². The number of carbonyl (C=O) groups is 1. The molecule has 1 heterocycles. The van der Waals surface area contributed by atoms with Crippen molar-refractivity contribution in [2.24, 2.45) is 11.8 Å². The number of carbonyl (C=O) groups excluding carboxylic acids is 1. The molecule has 1 aliphatic carbocycles. The third-order valence-corrected chi connectivity index (χ3v) is 3.94. The molecule has 2 rings (SSSR count). The van der Waals surface area contributed by atoms with E-state index in [0.717, 1.165) is 25.2 Å². The Morgan fingerprint density at radius 1 is 1.47 bits per heavy atom. The normalized spacial score (nSPS) is 31.8. The van der Waals surface area contributed by atoms with Gasteiger partial charge in [0.25, 0.3) is 0 Å². The molecule has 1 amide bonds. The molecule has 2 nitrogen and oxygen atoms in total. The summed E-state index contributed by atoms with van der Waals surface area (Å²) in [4.78, 5) is 11.4. The second-order valence-electron chi connectivity index (χ2n) is 5.93.